The van der Waals surface area contributed by atoms with Gasteiger partial charge in [-0.1, -0.05) is 6.07 Å². The smallest absolute Gasteiger partial charge is 0.193 e. The first-order chi connectivity index (χ1) is 10.8. The van der Waals surface area contributed by atoms with Gasteiger partial charge in [-0.15, -0.1) is 0 Å². The summed E-state index contributed by atoms with van der Waals surface area (Å²) in [6.07, 6.45) is 3.17. The van der Waals surface area contributed by atoms with Crippen LogP contribution in [0.3, 0.4) is 0 Å². The number of guanidine groups is 1. The van der Waals surface area contributed by atoms with Gasteiger partial charge in [-0.2, -0.15) is 0 Å². The van der Waals surface area contributed by atoms with Crippen LogP contribution in [0, 0.1) is 0 Å². The topological polar surface area (TPSA) is 78.1 Å². The fourth-order valence-electron chi connectivity index (χ4n) is 2.24. The van der Waals surface area contributed by atoms with Crippen LogP contribution in [0.5, 0.6) is 5.75 Å². The standard InChI is InChI=1S/C16H25N3O3/c1-20-15-5-2-4-13(12-15)19-16(17)18-8-3-9-22-14-6-10-21-11-7-14/h2,4-5,12,14H,3,6-11H2,1H3,(H3,17,18,19). The molecular weight excluding hydrogens is 282 g/mol. The molecule has 0 bridgehead atoms. The average molecular weight is 307 g/mol. The molecule has 122 valence electrons. The molecule has 1 aromatic rings. The summed E-state index contributed by atoms with van der Waals surface area (Å²) < 4.78 is 16.2. The number of nitrogens with two attached hydrogens (primary N) is 1. The molecule has 0 radical (unpaired) electrons. The molecule has 0 amide bonds. The van der Waals surface area contributed by atoms with Crippen LogP contribution in [-0.4, -0.2) is 45.5 Å². The number of nitrogens with one attached hydrogen (secondary N) is 1. The molecule has 1 heterocycles. The van der Waals surface area contributed by atoms with E-state index in [-0.39, 0.29) is 0 Å². The molecule has 1 saturated heterocycles. The van der Waals surface area contributed by atoms with Gasteiger partial charge in [0.1, 0.15) is 5.75 Å². The molecule has 0 unspecified atom stereocenters. The van der Waals surface area contributed by atoms with Gasteiger partial charge in [-0.05, 0) is 31.4 Å². The maximum absolute atomic E-state index is 5.86. The molecule has 0 spiro atoms. The first-order valence-electron chi connectivity index (χ1n) is 7.68. The van der Waals surface area contributed by atoms with Gasteiger partial charge in [0.2, 0.25) is 0 Å². The summed E-state index contributed by atoms with van der Waals surface area (Å²) >= 11 is 0. The van der Waals surface area contributed by atoms with E-state index in [1.807, 2.05) is 24.3 Å². The molecule has 0 atom stereocenters. The third-order valence-corrected chi connectivity index (χ3v) is 3.45. The highest BCUT2D eigenvalue weighted by atomic mass is 16.5. The Balaban J connectivity index is 1.64. The lowest BCUT2D eigenvalue weighted by atomic mass is 10.1. The number of hydrogen-bond acceptors (Lipinski definition) is 4. The van der Waals surface area contributed by atoms with Crippen molar-refractivity contribution in [2.24, 2.45) is 10.7 Å². The largest absolute Gasteiger partial charge is 0.497 e. The monoisotopic (exact) mass is 307 g/mol. The van der Waals surface area contributed by atoms with Gasteiger partial charge in [0.15, 0.2) is 5.96 Å². The summed E-state index contributed by atoms with van der Waals surface area (Å²) in [5.74, 6) is 1.18. The van der Waals surface area contributed by atoms with E-state index >= 15 is 0 Å². The highest BCUT2D eigenvalue weighted by Gasteiger charge is 2.13. The second-order valence-electron chi connectivity index (χ2n) is 5.16. The third-order valence-electron chi connectivity index (χ3n) is 3.45. The van der Waals surface area contributed by atoms with E-state index in [1.165, 1.54) is 0 Å². The second kappa shape index (κ2) is 9.27. The summed E-state index contributed by atoms with van der Waals surface area (Å²) in [4.78, 5) is 4.30. The minimum Gasteiger partial charge on any atom is -0.497 e. The summed E-state index contributed by atoms with van der Waals surface area (Å²) in [6.45, 7) is 2.97. The van der Waals surface area contributed by atoms with Crippen LogP contribution < -0.4 is 15.8 Å². The van der Waals surface area contributed by atoms with E-state index in [2.05, 4.69) is 10.3 Å². The maximum atomic E-state index is 5.86. The molecule has 6 nitrogen and oxygen atoms in total. The molecular formula is C16H25N3O3. The normalized spacial score (nSPS) is 16.5. The minimum absolute atomic E-state index is 0.338. The van der Waals surface area contributed by atoms with Gasteiger partial charge in [0, 0.05) is 38.1 Å². The Labute approximate surface area is 131 Å². The fourth-order valence-corrected chi connectivity index (χ4v) is 2.24. The molecule has 3 N–H and O–H groups in total. The molecule has 22 heavy (non-hydrogen) atoms. The Morgan fingerprint density at radius 1 is 1.41 bits per heavy atom. The fraction of sp³-hybridized carbons (Fsp3) is 0.562. The molecule has 2 rings (SSSR count). The molecule has 1 aliphatic heterocycles. The number of anilines is 1. The Hall–Kier alpha value is -1.79. The van der Waals surface area contributed by atoms with Crippen molar-refractivity contribution in [2.45, 2.75) is 25.4 Å². The number of benzene rings is 1. The first kappa shape index (κ1) is 16.6. The van der Waals surface area contributed by atoms with Gasteiger partial charge in [0.25, 0.3) is 0 Å². The zero-order valence-electron chi connectivity index (χ0n) is 13.1. The molecule has 1 aromatic carbocycles. The summed E-state index contributed by atoms with van der Waals surface area (Å²) in [5, 5.41) is 3.05. The Bertz CT molecular complexity index is 473. The third kappa shape index (κ3) is 5.91. The van der Waals surface area contributed by atoms with E-state index in [1.54, 1.807) is 7.11 Å². The molecule has 0 aliphatic carbocycles. The summed E-state index contributed by atoms with van der Waals surface area (Å²) in [6, 6.07) is 7.57. The van der Waals surface area contributed by atoms with E-state index < -0.39 is 0 Å². The number of rotatable bonds is 7. The first-order valence-corrected chi connectivity index (χ1v) is 7.68. The molecule has 6 heteroatoms. The molecule has 0 saturated carbocycles. The second-order valence-corrected chi connectivity index (χ2v) is 5.16. The molecule has 0 aromatic heterocycles. The summed E-state index contributed by atoms with van der Waals surface area (Å²) in [5.41, 5.74) is 6.72. The van der Waals surface area contributed by atoms with Crippen LogP contribution in [-0.2, 0) is 9.47 Å². The lowest BCUT2D eigenvalue weighted by Crippen LogP contribution is -2.24. The predicted molar refractivity (Wildman–Crippen MR) is 87.5 cm³/mol. The summed E-state index contributed by atoms with van der Waals surface area (Å²) in [7, 11) is 1.63. The lowest BCUT2D eigenvalue weighted by Gasteiger charge is -2.22. The van der Waals surface area contributed by atoms with Crippen molar-refractivity contribution < 1.29 is 14.2 Å². The van der Waals surface area contributed by atoms with Crippen LogP contribution in [0.2, 0.25) is 0 Å². The Morgan fingerprint density at radius 3 is 3.00 bits per heavy atom. The van der Waals surface area contributed by atoms with Crippen molar-refractivity contribution in [1.82, 2.24) is 0 Å². The minimum atomic E-state index is 0.338. The van der Waals surface area contributed by atoms with Gasteiger partial charge in [-0.25, -0.2) is 0 Å². The Morgan fingerprint density at radius 2 is 2.23 bits per heavy atom. The molecule has 1 fully saturated rings. The van der Waals surface area contributed by atoms with Gasteiger partial charge in [0.05, 0.1) is 13.2 Å². The van der Waals surface area contributed by atoms with Crippen molar-refractivity contribution in [2.75, 3.05) is 38.8 Å². The van der Waals surface area contributed by atoms with Crippen LogP contribution in [0.4, 0.5) is 5.69 Å². The lowest BCUT2D eigenvalue weighted by molar-refractivity contribution is -0.0318. The average Bonchev–Trinajstić information content (AvgIpc) is 2.55. The van der Waals surface area contributed by atoms with Gasteiger partial charge in [-0.3, -0.25) is 4.99 Å². The van der Waals surface area contributed by atoms with E-state index in [0.29, 0.717) is 25.2 Å². The number of methoxy groups -OCH3 is 1. The maximum Gasteiger partial charge on any atom is 0.193 e. The van der Waals surface area contributed by atoms with E-state index in [4.69, 9.17) is 19.9 Å². The zero-order chi connectivity index (χ0) is 15.6. The van der Waals surface area contributed by atoms with Crippen molar-refractivity contribution in [1.29, 1.82) is 0 Å². The predicted octanol–water partition coefficient (Wildman–Crippen LogP) is 2.01. The van der Waals surface area contributed by atoms with Crippen LogP contribution in [0.1, 0.15) is 19.3 Å². The number of nitrogens with zero attached hydrogens (tertiary/aromatic N) is 1. The van der Waals surface area contributed by atoms with Gasteiger partial charge < -0.3 is 25.3 Å². The van der Waals surface area contributed by atoms with Crippen LogP contribution in [0.15, 0.2) is 29.3 Å². The Kier molecular flexibility index (Phi) is 6.99. The van der Waals surface area contributed by atoms with Gasteiger partial charge >= 0.3 is 0 Å². The van der Waals surface area contributed by atoms with Crippen molar-refractivity contribution in [3.05, 3.63) is 24.3 Å². The number of ether oxygens (including phenoxy) is 3. The number of hydrogen-bond donors (Lipinski definition) is 2. The highest BCUT2D eigenvalue weighted by Crippen LogP contribution is 2.16. The SMILES string of the molecule is COc1cccc(NC(N)=NCCCOC2CCOCC2)c1. The van der Waals surface area contributed by atoms with Crippen molar-refractivity contribution in [3.63, 3.8) is 0 Å². The van der Waals surface area contributed by atoms with Crippen molar-refractivity contribution >= 4 is 11.6 Å². The highest BCUT2D eigenvalue weighted by molar-refractivity contribution is 5.92. The quantitative estimate of drug-likeness (QED) is 0.458. The van der Waals surface area contributed by atoms with Crippen LogP contribution >= 0.6 is 0 Å². The zero-order valence-corrected chi connectivity index (χ0v) is 13.1. The molecule has 1 aliphatic rings. The van der Waals surface area contributed by atoms with Crippen molar-refractivity contribution in [3.8, 4) is 5.75 Å². The van der Waals surface area contributed by atoms with E-state index in [9.17, 15) is 0 Å². The van der Waals surface area contributed by atoms with Crippen LogP contribution in [0.25, 0.3) is 0 Å². The number of aliphatic imine (C=N–C) groups is 1. The van der Waals surface area contributed by atoms with E-state index in [0.717, 1.165) is 43.9 Å².